The molecule has 0 amide bonds. The fraction of sp³-hybridized carbons (Fsp3) is 0.538. The van der Waals surface area contributed by atoms with Gasteiger partial charge >= 0.3 is 0 Å². The lowest BCUT2D eigenvalue weighted by molar-refractivity contribution is 0.210. The van der Waals surface area contributed by atoms with Crippen LogP contribution in [-0.4, -0.2) is 25.4 Å². The van der Waals surface area contributed by atoms with Gasteiger partial charge in [-0.25, -0.2) is 0 Å². The van der Waals surface area contributed by atoms with Gasteiger partial charge in [0, 0.05) is 11.5 Å². The van der Waals surface area contributed by atoms with Crippen LogP contribution in [0.1, 0.15) is 25.3 Å². The Hall–Kier alpha value is -1.22. The van der Waals surface area contributed by atoms with Crippen molar-refractivity contribution in [3.63, 3.8) is 0 Å². The van der Waals surface area contributed by atoms with Crippen molar-refractivity contribution < 1.29 is 14.2 Å². The van der Waals surface area contributed by atoms with Gasteiger partial charge in [0.2, 0.25) is 0 Å². The average Bonchev–Trinajstić information content (AvgIpc) is 3.06. The average molecular weight is 220 g/mol. The van der Waals surface area contributed by atoms with Gasteiger partial charge in [-0.05, 0) is 13.0 Å². The van der Waals surface area contributed by atoms with E-state index in [1.807, 2.05) is 12.1 Å². The molecule has 3 atom stereocenters. The smallest absolute Gasteiger partial charge is 0.165 e. The molecule has 2 aliphatic heterocycles. The Kier molecular flexibility index (Phi) is 2.28. The van der Waals surface area contributed by atoms with E-state index in [9.17, 15) is 0 Å². The van der Waals surface area contributed by atoms with Crippen molar-refractivity contribution >= 4 is 0 Å². The number of hydrogen-bond donors (Lipinski definition) is 0. The Bertz CT molecular complexity index is 398. The van der Waals surface area contributed by atoms with E-state index < -0.39 is 0 Å². The Morgan fingerprint density at radius 3 is 2.94 bits per heavy atom. The van der Waals surface area contributed by atoms with Crippen molar-refractivity contribution in [2.45, 2.75) is 32.0 Å². The van der Waals surface area contributed by atoms with Gasteiger partial charge in [0.15, 0.2) is 11.5 Å². The summed E-state index contributed by atoms with van der Waals surface area (Å²) in [6.07, 6.45) is 0.518. The van der Waals surface area contributed by atoms with Crippen LogP contribution in [0.5, 0.6) is 11.5 Å². The molecule has 86 valence electrons. The van der Waals surface area contributed by atoms with Crippen molar-refractivity contribution in [3.05, 3.63) is 23.8 Å². The summed E-state index contributed by atoms with van der Waals surface area (Å²) in [5.74, 6) is 2.21. The van der Waals surface area contributed by atoms with Gasteiger partial charge in [0.1, 0.15) is 18.8 Å². The zero-order valence-corrected chi connectivity index (χ0v) is 9.60. The molecule has 3 nitrogen and oxygen atoms in total. The minimum Gasteiger partial charge on any atom is -0.487 e. The SMILES string of the molecule is CC1Oc2c(OCC3CO3)cccc2C1C. The molecule has 0 aromatic heterocycles. The van der Waals surface area contributed by atoms with Crippen LogP contribution in [0.3, 0.4) is 0 Å². The molecule has 1 saturated heterocycles. The van der Waals surface area contributed by atoms with Crippen molar-refractivity contribution in [2.75, 3.05) is 13.2 Å². The first-order valence-electron chi connectivity index (χ1n) is 5.79. The number of hydrogen-bond acceptors (Lipinski definition) is 3. The first kappa shape index (κ1) is 9.97. The van der Waals surface area contributed by atoms with Crippen molar-refractivity contribution in [3.8, 4) is 11.5 Å². The molecule has 2 heterocycles. The third-order valence-corrected chi connectivity index (χ3v) is 3.33. The molecule has 0 bridgehead atoms. The maximum atomic E-state index is 5.84. The van der Waals surface area contributed by atoms with Crippen LogP contribution >= 0.6 is 0 Å². The first-order chi connectivity index (χ1) is 7.75. The molecule has 16 heavy (non-hydrogen) atoms. The molecule has 0 saturated carbocycles. The number of para-hydroxylation sites is 1. The third kappa shape index (κ3) is 1.65. The summed E-state index contributed by atoms with van der Waals surface area (Å²) in [7, 11) is 0. The predicted molar refractivity (Wildman–Crippen MR) is 60.2 cm³/mol. The van der Waals surface area contributed by atoms with E-state index in [2.05, 4.69) is 19.9 Å². The van der Waals surface area contributed by atoms with Gasteiger partial charge in [-0.15, -0.1) is 0 Å². The van der Waals surface area contributed by atoms with E-state index in [1.165, 1.54) is 5.56 Å². The van der Waals surface area contributed by atoms with Crippen LogP contribution in [-0.2, 0) is 4.74 Å². The molecule has 0 spiro atoms. The molecule has 3 unspecified atom stereocenters. The van der Waals surface area contributed by atoms with Crippen molar-refractivity contribution in [1.82, 2.24) is 0 Å². The third-order valence-electron chi connectivity index (χ3n) is 3.33. The predicted octanol–water partition coefficient (Wildman–Crippen LogP) is 2.35. The topological polar surface area (TPSA) is 31.0 Å². The van der Waals surface area contributed by atoms with Gasteiger partial charge in [-0.3, -0.25) is 0 Å². The highest BCUT2D eigenvalue weighted by atomic mass is 16.6. The number of ether oxygens (including phenoxy) is 3. The molecule has 1 aromatic carbocycles. The fourth-order valence-electron chi connectivity index (χ4n) is 2.02. The summed E-state index contributed by atoms with van der Waals surface area (Å²) in [4.78, 5) is 0. The van der Waals surface area contributed by atoms with Crippen LogP contribution < -0.4 is 9.47 Å². The van der Waals surface area contributed by atoms with Crippen molar-refractivity contribution in [2.24, 2.45) is 0 Å². The summed E-state index contributed by atoms with van der Waals surface area (Å²) in [5, 5.41) is 0. The van der Waals surface area contributed by atoms with Crippen molar-refractivity contribution in [1.29, 1.82) is 0 Å². The van der Waals surface area contributed by atoms with Crippen LogP contribution in [0, 0.1) is 0 Å². The Labute approximate surface area is 95.3 Å². The lowest BCUT2D eigenvalue weighted by Crippen LogP contribution is -2.10. The maximum absolute atomic E-state index is 5.84. The molecule has 0 radical (unpaired) electrons. The summed E-state index contributed by atoms with van der Waals surface area (Å²) < 4.78 is 16.7. The molecule has 2 aliphatic rings. The van der Waals surface area contributed by atoms with E-state index >= 15 is 0 Å². The van der Waals surface area contributed by atoms with Gasteiger partial charge in [-0.1, -0.05) is 19.1 Å². The maximum Gasteiger partial charge on any atom is 0.165 e. The van der Waals surface area contributed by atoms with E-state index in [-0.39, 0.29) is 12.2 Å². The molecule has 0 aliphatic carbocycles. The molecular weight excluding hydrogens is 204 g/mol. The second-order valence-electron chi connectivity index (χ2n) is 4.55. The van der Waals surface area contributed by atoms with E-state index in [4.69, 9.17) is 14.2 Å². The molecule has 1 fully saturated rings. The largest absolute Gasteiger partial charge is 0.487 e. The highest BCUT2D eigenvalue weighted by molar-refractivity contribution is 5.51. The normalized spacial score (nSPS) is 30.8. The molecule has 1 aromatic rings. The monoisotopic (exact) mass is 220 g/mol. The van der Waals surface area contributed by atoms with E-state index in [0.29, 0.717) is 12.5 Å². The lowest BCUT2D eigenvalue weighted by Gasteiger charge is -2.10. The number of fused-ring (bicyclic) bond motifs is 1. The zero-order valence-electron chi connectivity index (χ0n) is 9.60. The summed E-state index contributed by atoms with van der Waals surface area (Å²) in [6.45, 7) is 5.73. The Morgan fingerprint density at radius 1 is 1.38 bits per heavy atom. The fourth-order valence-corrected chi connectivity index (χ4v) is 2.02. The second kappa shape index (κ2) is 3.67. The number of rotatable bonds is 3. The number of benzene rings is 1. The van der Waals surface area contributed by atoms with Crippen LogP contribution in [0.15, 0.2) is 18.2 Å². The standard InChI is InChI=1S/C13H16O3/c1-8-9(2)16-13-11(8)4-3-5-12(13)15-7-10-6-14-10/h3-5,8-10H,6-7H2,1-2H3. The van der Waals surface area contributed by atoms with E-state index in [0.717, 1.165) is 18.1 Å². The zero-order chi connectivity index (χ0) is 11.1. The molecule has 0 N–H and O–H groups in total. The van der Waals surface area contributed by atoms with E-state index in [1.54, 1.807) is 0 Å². The summed E-state index contributed by atoms with van der Waals surface area (Å²) >= 11 is 0. The molecular formula is C13H16O3. The highest BCUT2D eigenvalue weighted by Crippen LogP contribution is 2.44. The number of epoxide rings is 1. The Balaban J connectivity index is 1.83. The first-order valence-corrected chi connectivity index (χ1v) is 5.79. The summed E-state index contributed by atoms with van der Waals surface area (Å²) in [5.41, 5.74) is 1.25. The van der Waals surface area contributed by atoms with Crippen LogP contribution in [0.4, 0.5) is 0 Å². The van der Waals surface area contributed by atoms with Crippen LogP contribution in [0.2, 0.25) is 0 Å². The van der Waals surface area contributed by atoms with Gasteiger partial charge in [0.25, 0.3) is 0 Å². The minimum absolute atomic E-state index is 0.233. The summed E-state index contributed by atoms with van der Waals surface area (Å²) in [6, 6.07) is 6.11. The highest BCUT2D eigenvalue weighted by Gasteiger charge is 2.31. The van der Waals surface area contributed by atoms with Gasteiger partial charge in [0.05, 0.1) is 6.61 Å². The quantitative estimate of drug-likeness (QED) is 0.733. The Morgan fingerprint density at radius 2 is 2.19 bits per heavy atom. The molecule has 3 rings (SSSR count). The lowest BCUT2D eigenvalue weighted by atomic mass is 9.98. The van der Waals surface area contributed by atoms with Gasteiger partial charge in [-0.2, -0.15) is 0 Å². The van der Waals surface area contributed by atoms with Gasteiger partial charge < -0.3 is 14.2 Å². The minimum atomic E-state index is 0.233. The van der Waals surface area contributed by atoms with Crippen LogP contribution in [0.25, 0.3) is 0 Å². The second-order valence-corrected chi connectivity index (χ2v) is 4.55. The molecule has 3 heteroatoms.